The molecule has 3 N–H and O–H groups in total. The molecule has 42 heavy (non-hydrogen) atoms. The number of hydrogen-bond acceptors (Lipinski definition) is 5. The van der Waals surface area contributed by atoms with Gasteiger partial charge in [-0.3, -0.25) is 9.59 Å². The molecule has 1 aliphatic carbocycles. The van der Waals surface area contributed by atoms with Crippen LogP contribution in [0.1, 0.15) is 43.7 Å². The van der Waals surface area contributed by atoms with E-state index in [1.165, 1.54) is 0 Å². The number of ether oxygens (including phenoxy) is 1. The first-order valence-electron chi connectivity index (χ1n) is 14.9. The molecule has 2 heterocycles. The molecule has 1 aromatic heterocycles. The minimum absolute atomic E-state index is 0.160. The van der Waals surface area contributed by atoms with Crippen molar-refractivity contribution < 1.29 is 19.1 Å². The van der Waals surface area contributed by atoms with E-state index >= 15 is 0 Å². The third kappa shape index (κ3) is 6.70. The number of H-pyrrole nitrogens is 1. The number of carbonyl (C=O) groups excluding carboxylic acids is 3. The molecule has 3 aromatic rings. The lowest BCUT2D eigenvalue weighted by Gasteiger charge is -2.36. The Hall–Kier alpha value is -4.05. The number of aromatic nitrogens is 1. The Morgan fingerprint density at radius 1 is 1.05 bits per heavy atom. The number of rotatable bonds is 10. The summed E-state index contributed by atoms with van der Waals surface area (Å²) in [4.78, 5) is 49.0. The Morgan fingerprint density at radius 2 is 1.76 bits per heavy atom. The molecule has 1 aliphatic heterocycles. The highest BCUT2D eigenvalue weighted by Gasteiger charge is 2.36. The molecule has 0 spiro atoms. The lowest BCUT2D eigenvalue weighted by molar-refractivity contribution is -0.133. The van der Waals surface area contributed by atoms with Gasteiger partial charge in [0.05, 0.1) is 12.3 Å². The van der Waals surface area contributed by atoms with Gasteiger partial charge in [0, 0.05) is 61.7 Å². The maximum atomic E-state index is 14.0. The maximum absolute atomic E-state index is 14.0. The Morgan fingerprint density at radius 3 is 2.45 bits per heavy atom. The zero-order chi connectivity index (χ0) is 29.8. The lowest BCUT2D eigenvalue weighted by atomic mass is 9.92. The van der Waals surface area contributed by atoms with Crippen LogP contribution in [0.3, 0.4) is 0 Å². The second-order valence-corrected chi connectivity index (χ2v) is 11.6. The minimum atomic E-state index is -0.866. The van der Waals surface area contributed by atoms with Gasteiger partial charge in [0.1, 0.15) is 11.8 Å². The molecule has 0 bridgehead atoms. The summed E-state index contributed by atoms with van der Waals surface area (Å²) in [5.41, 5.74) is 3.51. The van der Waals surface area contributed by atoms with Gasteiger partial charge in [0.15, 0.2) is 0 Å². The van der Waals surface area contributed by atoms with E-state index in [1.54, 1.807) is 4.90 Å². The second kappa shape index (κ2) is 12.9. The molecule has 2 fully saturated rings. The Labute approximate surface area is 247 Å². The molecule has 2 aromatic carbocycles. The van der Waals surface area contributed by atoms with Gasteiger partial charge in [-0.1, -0.05) is 31.2 Å². The highest BCUT2D eigenvalue weighted by atomic mass is 16.5. The van der Waals surface area contributed by atoms with Crippen molar-refractivity contribution >= 4 is 34.4 Å². The molecular formula is C32H42N6O4. The molecule has 5 rings (SSSR count). The van der Waals surface area contributed by atoms with Crippen LogP contribution in [0.2, 0.25) is 0 Å². The molecule has 2 unspecified atom stereocenters. The summed E-state index contributed by atoms with van der Waals surface area (Å²) in [6, 6.07) is 12.5. The molecule has 4 amide bonds. The van der Waals surface area contributed by atoms with Gasteiger partial charge in [0.2, 0.25) is 11.8 Å². The number of nitrogens with one attached hydrogen (secondary N) is 3. The van der Waals surface area contributed by atoms with E-state index in [-0.39, 0.29) is 29.7 Å². The monoisotopic (exact) mass is 574 g/mol. The minimum Gasteiger partial charge on any atom is -0.492 e. The molecule has 2 atom stereocenters. The van der Waals surface area contributed by atoms with Crippen molar-refractivity contribution in [1.29, 1.82) is 0 Å². The third-order valence-corrected chi connectivity index (χ3v) is 8.08. The third-order valence-electron chi connectivity index (χ3n) is 8.08. The summed E-state index contributed by atoms with van der Waals surface area (Å²) in [6.45, 7) is 6.90. The van der Waals surface area contributed by atoms with Gasteiger partial charge in [0.25, 0.3) is 0 Å². The number of benzene rings is 2. The number of para-hydroxylation sites is 1. The highest BCUT2D eigenvalue weighted by Crippen LogP contribution is 2.32. The number of hydrogen-bond donors (Lipinski definition) is 3. The van der Waals surface area contributed by atoms with Crippen LogP contribution in [0.4, 0.5) is 10.5 Å². The van der Waals surface area contributed by atoms with E-state index in [0.29, 0.717) is 50.8 Å². The molecular weight excluding hydrogens is 532 g/mol. The van der Waals surface area contributed by atoms with Gasteiger partial charge >= 0.3 is 6.03 Å². The van der Waals surface area contributed by atoms with E-state index in [1.807, 2.05) is 81.5 Å². The van der Waals surface area contributed by atoms with Crippen LogP contribution in [0, 0.1) is 5.92 Å². The number of fused-ring (bicyclic) bond motifs is 1. The van der Waals surface area contributed by atoms with Crippen molar-refractivity contribution in [3.05, 3.63) is 59.8 Å². The standard InChI is InChI=1S/C32H42N6O4/c1-5-42-28-13-10-22(20-36(3)4)18-27(28)34-30(39)29(21(2)25-19-33-26-9-7-6-8-24(25)26)35-32(41)38-16-14-37(15-17-38)31(40)23-11-12-23/h6-10,13,18-19,21,23,29,33H,5,11-12,14-17,20H2,1-4H3,(H,34,39)(H,35,41). The van der Waals surface area contributed by atoms with E-state index < -0.39 is 6.04 Å². The van der Waals surface area contributed by atoms with Crippen LogP contribution in [0.5, 0.6) is 5.75 Å². The number of piperazine rings is 1. The molecule has 0 radical (unpaired) electrons. The van der Waals surface area contributed by atoms with Gasteiger partial charge in [-0.05, 0) is 63.2 Å². The summed E-state index contributed by atoms with van der Waals surface area (Å²) in [5, 5.41) is 7.12. The average molecular weight is 575 g/mol. The molecule has 10 nitrogen and oxygen atoms in total. The van der Waals surface area contributed by atoms with Crippen molar-refractivity contribution in [2.24, 2.45) is 5.92 Å². The molecule has 10 heteroatoms. The summed E-state index contributed by atoms with van der Waals surface area (Å²) < 4.78 is 5.83. The van der Waals surface area contributed by atoms with Crippen molar-refractivity contribution in [3.63, 3.8) is 0 Å². The molecule has 1 saturated heterocycles. The highest BCUT2D eigenvalue weighted by molar-refractivity contribution is 5.99. The second-order valence-electron chi connectivity index (χ2n) is 11.6. The quantitative estimate of drug-likeness (QED) is 0.339. The first kappa shape index (κ1) is 29.4. The summed E-state index contributed by atoms with van der Waals surface area (Å²) >= 11 is 0. The van der Waals surface area contributed by atoms with Crippen LogP contribution < -0.4 is 15.4 Å². The zero-order valence-corrected chi connectivity index (χ0v) is 25.0. The van der Waals surface area contributed by atoms with E-state index in [0.717, 1.165) is 34.9 Å². The van der Waals surface area contributed by atoms with Crippen LogP contribution in [-0.2, 0) is 16.1 Å². The van der Waals surface area contributed by atoms with Crippen LogP contribution in [-0.4, -0.2) is 90.5 Å². The average Bonchev–Trinajstić information content (AvgIpc) is 3.74. The number of aromatic amines is 1. The lowest BCUT2D eigenvalue weighted by Crippen LogP contribution is -2.57. The fourth-order valence-corrected chi connectivity index (χ4v) is 5.64. The zero-order valence-electron chi connectivity index (χ0n) is 25.0. The summed E-state index contributed by atoms with van der Waals surface area (Å²) in [6.07, 6.45) is 3.84. The van der Waals surface area contributed by atoms with Crippen molar-refractivity contribution in [1.82, 2.24) is 25.0 Å². The predicted molar refractivity (Wildman–Crippen MR) is 164 cm³/mol. The smallest absolute Gasteiger partial charge is 0.318 e. The number of urea groups is 1. The van der Waals surface area contributed by atoms with Crippen molar-refractivity contribution in [2.75, 3.05) is 52.2 Å². The first-order chi connectivity index (χ1) is 20.2. The van der Waals surface area contributed by atoms with E-state index in [4.69, 9.17) is 4.74 Å². The van der Waals surface area contributed by atoms with Gasteiger partial charge in [-0.2, -0.15) is 0 Å². The Kier molecular flexibility index (Phi) is 9.01. The fourth-order valence-electron chi connectivity index (χ4n) is 5.64. The topological polar surface area (TPSA) is 110 Å². The Balaban J connectivity index is 1.38. The number of amides is 4. The van der Waals surface area contributed by atoms with E-state index in [9.17, 15) is 14.4 Å². The van der Waals surface area contributed by atoms with Crippen molar-refractivity contribution in [3.8, 4) is 5.75 Å². The predicted octanol–water partition coefficient (Wildman–Crippen LogP) is 4.00. The van der Waals surface area contributed by atoms with Crippen LogP contribution in [0.15, 0.2) is 48.7 Å². The van der Waals surface area contributed by atoms with Gasteiger partial charge in [-0.25, -0.2) is 4.79 Å². The number of anilines is 1. The first-order valence-corrected chi connectivity index (χ1v) is 14.9. The number of carbonyl (C=O) groups is 3. The number of nitrogens with zero attached hydrogens (tertiary/aromatic N) is 3. The summed E-state index contributed by atoms with van der Waals surface area (Å²) in [5.74, 6) is 0.264. The maximum Gasteiger partial charge on any atom is 0.318 e. The summed E-state index contributed by atoms with van der Waals surface area (Å²) in [7, 11) is 3.98. The normalized spacial score (nSPS) is 16.8. The molecule has 1 saturated carbocycles. The van der Waals surface area contributed by atoms with Gasteiger partial charge in [-0.15, -0.1) is 0 Å². The van der Waals surface area contributed by atoms with Gasteiger partial charge < -0.3 is 35.1 Å². The Bertz CT molecular complexity index is 1420. The largest absolute Gasteiger partial charge is 0.492 e. The van der Waals surface area contributed by atoms with Crippen molar-refractivity contribution in [2.45, 2.75) is 45.2 Å². The van der Waals surface area contributed by atoms with Crippen LogP contribution >= 0.6 is 0 Å². The molecule has 2 aliphatic rings. The SMILES string of the molecule is CCOc1ccc(CN(C)C)cc1NC(=O)C(NC(=O)N1CCN(C(=O)C2CC2)CC1)C(C)c1c[nH]c2ccccc12. The molecule has 224 valence electrons. The fraction of sp³-hybridized carbons (Fsp3) is 0.469. The van der Waals surface area contributed by atoms with Crippen LogP contribution in [0.25, 0.3) is 10.9 Å². The van der Waals surface area contributed by atoms with E-state index in [2.05, 4.69) is 20.5 Å².